The summed E-state index contributed by atoms with van der Waals surface area (Å²) in [7, 11) is 0. The van der Waals surface area contributed by atoms with Gasteiger partial charge in [-0.3, -0.25) is 9.59 Å². The van der Waals surface area contributed by atoms with Crippen LogP contribution in [0.15, 0.2) is 30.3 Å². The fourth-order valence-corrected chi connectivity index (χ4v) is 2.91. The van der Waals surface area contributed by atoms with E-state index in [1.165, 1.54) is 0 Å². The van der Waals surface area contributed by atoms with E-state index >= 15 is 0 Å². The van der Waals surface area contributed by atoms with Gasteiger partial charge in [0.15, 0.2) is 0 Å². The molecule has 5 nitrogen and oxygen atoms in total. The standard InChI is InChI=1S/C16H23N3O2.ClH/c17-14-8-4-7-13(9-14)16(21)19(11-15(18)20)10-12-5-2-1-3-6-12;/h1-3,5-6,13-14H,4,7-11,17H2,(H2,18,20);1H. The van der Waals surface area contributed by atoms with Crippen LogP contribution in [0.25, 0.3) is 0 Å². The predicted octanol–water partition coefficient (Wildman–Crippen LogP) is 1.44. The molecule has 0 radical (unpaired) electrons. The Morgan fingerprint density at radius 1 is 1.18 bits per heavy atom. The van der Waals surface area contributed by atoms with Gasteiger partial charge in [0.05, 0.1) is 6.54 Å². The number of hydrogen-bond acceptors (Lipinski definition) is 3. The van der Waals surface area contributed by atoms with Gasteiger partial charge in [-0.1, -0.05) is 36.8 Å². The number of hydrogen-bond donors (Lipinski definition) is 2. The van der Waals surface area contributed by atoms with E-state index in [1.807, 2.05) is 30.3 Å². The molecule has 0 aromatic heterocycles. The van der Waals surface area contributed by atoms with Gasteiger partial charge in [-0.15, -0.1) is 12.4 Å². The number of benzene rings is 1. The molecule has 1 aromatic carbocycles. The van der Waals surface area contributed by atoms with E-state index in [2.05, 4.69) is 0 Å². The molecule has 1 aliphatic rings. The summed E-state index contributed by atoms with van der Waals surface area (Å²) in [5.74, 6) is -0.580. The van der Waals surface area contributed by atoms with Crippen LogP contribution in [-0.4, -0.2) is 29.3 Å². The molecular weight excluding hydrogens is 302 g/mol. The molecule has 0 aliphatic heterocycles. The molecular formula is C16H24ClN3O2. The van der Waals surface area contributed by atoms with Gasteiger partial charge in [0.1, 0.15) is 0 Å². The van der Waals surface area contributed by atoms with Crippen molar-refractivity contribution in [3.05, 3.63) is 35.9 Å². The number of nitrogens with zero attached hydrogens (tertiary/aromatic N) is 1. The smallest absolute Gasteiger partial charge is 0.237 e. The van der Waals surface area contributed by atoms with Crippen molar-refractivity contribution in [3.8, 4) is 0 Å². The average Bonchev–Trinajstić information content (AvgIpc) is 2.46. The zero-order valence-electron chi connectivity index (χ0n) is 12.6. The zero-order valence-corrected chi connectivity index (χ0v) is 13.4. The number of primary amides is 1. The van der Waals surface area contributed by atoms with E-state index in [-0.39, 0.29) is 36.8 Å². The van der Waals surface area contributed by atoms with Crippen molar-refractivity contribution < 1.29 is 9.59 Å². The molecule has 0 heterocycles. The first-order valence-electron chi connectivity index (χ1n) is 7.43. The minimum absolute atomic E-state index is 0. The molecule has 1 aromatic rings. The van der Waals surface area contributed by atoms with Crippen LogP contribution in [0, 0.1) is 5.92 Å². The number of amides is 2. The first kappa shape index (κ1) is 18.5. The number of nitrogens with two attached hydrogens (primary N) is 2. The second kappa shape index (κ2) is 8.76. The third-order valence-electron chi connectivity index (χ3n) is 3.94. The summed E-state index contributed by atoms with van der Waals surface area (Å²) >= 11 is 0. The van der Waals surface area contributed by atoms with Crippen LogP contribution in [0.4, 0.5) is 0 Å². The molecule has 1 saturated carbocycles. The Kier molecular flexibility index (Phi) is 7.35. The highest BCUT2D eigenvalue weighted by atomic mass is 35.5. The van der Waals surface area contributed by atoms with E-state index in [1.54, 1.807) is 4.90 Å². The Labute approximate surface area is 137 Å². The number of halogens is 1. The van der Waals surface area contributed by atoms with E-state index in [4.69, 9.17) is 11.5 Å². The first-order valence-corrected chi connectivity index (χ1v) is 7.43. The lowest BCUT2D eigenvalue weighted by Gasteiger charge is -2.31. The zero-order chi connectivity index (χ0) is 15.2. The van der Waals surface area contributed by atoms with Gasteiger partial charge in [-0.2, -0.15) is 0 Å². The second-order valence-corrected chi connectivity index (χ2v) is 5.77. The van der Waals surface area contributed by atoms with Crippen molar-refractivity contribution in [2.75, 3.05) is 6.54 Å². The largest absolute Gasteiger partial charge is 0.368 e. The van der Waals surface area contributed by atoms with E-state index in [0.29, 0.717) is 13.0 Å². The molecule has 2 atom stereocenters. The second-order valence-electron chi connectivity index (χ2n) is 5.77. The summed E-state index contributed by atoms with van der Waals surface area (Å²) < 4.78 is 0. The van der Waals surface area contributed by atoms with Crippen molar-refractivity contribution in [3.63, 3.8) is 0 Å². The van der Waals surface area contributed by atoms with Gasteiger partial charge in [-0.25, -0.2) is 0 Å². The Morgan fingerprint density at radius 3 is 2.45 bits per heavy atom. The molecule has 0 bridgehead atoms. The molecule has 2 amide bonds. The van der Waals surface area contributed by atoms with Crippen molar-refractivity contribution in [2.45, 2.75) is 38.3 Å². The van der Waals surface area contributed by atoms with E-state index in [9.17, 15) is 9.59 Å². The van der Waals surface area contributed by atoms with Crippen LogP contribution in [0.3, 0.4) is 0 Å². The molecule has 1 fully saturated rings. The summed E-state index contributed by atoms with van der Waals surface area (Å²) in [6.07, 6.45) is 3.48. The van der Waals surface area contributed by atoms with E-state index in [0.717, 1.165) is 24.8 Å². The lowest BCUT2D eigenvalue weighted by molar-refractivity contribution is -0.140. The molecule has 0 spiro atoms. The number of carbonyl (C=O) groups is 2. The average molecular weight is 326 g/mol. The number of carbonyl (C=O) groups excluding carboxylic acids is 2. The van der Waals surface area contributed by atoms with Crippen LogP contribution in [0.1, 0.15) is 31.2 Å². The van der Waals surface area contributed by atoms with Crippen LogP contribution in [-0.2, 0) is 16.1 Å². The predicted molar refractivity (Wildman–Crippen MR) is 88.2 cm³/mol. The molecule has 1 aliphatic carbocycles. The van der Waals surface area contributed by atoms with Gasteiger partial charge < -0.3 is 16.4 Å². The van der Waals surface area contributed by atoms with Crippen molar-refractivity contribution in [2.24, 2.45) is 17.4 Å². The monoisotopic (exact) mass is 325 g/mol. The van der Waals surface area contributed by atoms with Crippen molar-refractivity contribution in [1.82, 2.24) is 4.90 Å². The van der Waals surface area contributed by atoms with Crippen LogP contribution in [0.2, 0.25) is 0 Å². The fraction of sp³-hybridized carbons (Fsp3) is 0.500. The quantitative estimate of drug-likeness (QED) is 0.858. The minimum Gasteiger partial charge on any atom is -0.368 e. The lowest BCUT2D eigenvalue weighted by Crippen LogP contribution is -2.43. The Balaban J connectivity index is 0.00000242. The van der Waals surface area contributed by atoms with Gasteiger partial charge in [0.25, 0.3) is 0 Å². The maximum absolute atomic E-state index is 12.6. The van der Waals surface area contributed by atoms with E-state index < -0.39 is 5.91 Å². The molecule has 2 rings (SSSR count). The van der Waals surface area contributed by atoms with Gasteiger partial charge in [0.2, 0.25) is 11.8 Å². The highest BCUT2D eigenvalue weighted by molar-refractivity contribution is 5.85. The van der Waals surface area contributed by atoms with Crippen LogP contribution >= 0.6 is 12.4 Å². The van der Waals surface area contributed by atoms with Crippen LogP contribution in [0.5, 0.6) is 0 Å². The van der Waals surface area contributed by atoms with Gasteiger partial charge in [-0.05, 0) is 24.8 Å². The minimum atomic E-state index is -0.487. The highest BCUT2D eigenvalue weighted by Gasteiger charge is 2.29. The van der Waals surface area contributed by atoms with Crippen LogP contribution < -0.4 is 11.5 Å². The molecule has 0 saturated heterocycles. The Hall–Kier alpha value is -1.59. The Morgan fingerprint density at radius 2 is 1.86 bits per heavy atom. The Bertz CT molecular complexity index is 495. The first-order chi connectivity index (χ1) is 10.1. The lowest BCUT2D eigenvalue weighted by atomic mass is 9.85. The summed E-state index contributed by atoms with van der Waals surface area (Å²) in [5, 5.41) is 0. The molecule has 22 heavy (non-hydrogen) atoms. The third kappa shape index (κ3) is 5.31. The molecule has 122 valence electrons. The maximum atomic E-state index is 12.6. The van der Waals surface area contributed by atoms with Gasteiger partial charge in [0, 0.05) is 18.5 Å². The topological polar surface area (TPSA) is 89.4 Å². The maximum Gasteiger partial charge on any atom is 0.237 e. The van der Waals surface area contributed by atoms with Crippen molar-refractivity contribution in [1.29, 1.82) is 0 Å². The summed E-state index contributed by atoms with van der Waals surface area (Å²) in [4.78, 5) is 25.5. The fourth-order valence-electron chi connectivity index (χ4n) is 2.91. The third-order valence-corrected chi connectivity index (χ3v) is 3.94. The summed E-state index contributed by atoms with van der Waals surface area (Å²) in [5.41, 5.74) is 12.2. The van der Waals surface area contributed by atoms with Crippen molar-refractivity contribution >= 4 is 24.2 Å². The molecule has 6 heteroatoms. The summed E-state index contributed by atoms with van der Waals surface area (Å²) in [6, 6.07) is 9.71. The van der Waals surface area contributed by atoms with Gasteiger partial charge >= 0.3 is 0 Å². The molecule has 2 unspecified atom stereocenters. The SMILES string of the molecule is Cl.NC(=O)CN(Cc1ccccc1)C(=O)C1CCCC(N)C1. The molecule has 4 N–H and O–H groups in total. The summed E-state index contributed by atoms with van der Waals surface area (Å²) in [6.45, 7) is 0.369. The highest BCUT2D eigenvalue weighted by Crippen LogP contribution is 2.25. The number of rotatable bonds is 5. The normalized spacial score (nSPS) is 20.8.